The van der Waals surface area contributed by atoms with Crippen molar-refractivity contribution in [3.63, 3.8) is 0 Å². The monoisotopic (exact) mass is 935 g/mol. The average Bonchev–Trinajstić information content (AvgIpc) is 3.33. The molecule has 0 aliphatic heterocycles. The molecular weight excluding hydrogens is 829 g/mol. The lowest BCUT2D eigenvalue weighted by Crippen LogP contribution is -2.30. The van der Waals surface area contributed by atoms with Crippen LogP contribution in [0.4, 0.5) is 0 Å². The van der Waals surface area contributed by atoms with Gasteiger partial charge in [0.2, 0.25) is 0 Å². The van der Waals surface area contributed by atoms with Gasteiger partial charge in [0.25, 0.3) is 0 Å². The third-order valence-corrected chi connectivity index (χ3v) is 12.2. The highest BCUT2D eigenvalue weighted by atomic mass is 16.6. The molecule has 1 atom stereocenters. The maximum atomic E-state index is 12.9. The summed E-state index contributed by atoms with van der Waals surface area (Å²) in [6, 6.07) is 0. The molecule has 6 heteroatoms. The van der Waals surface area contributed by atoms with E-state index in [1.165, 1.54) is 128 Å². The number of esters is 3. The third-order valence-electron chi connectivity index (χ3n) is 12.2. The van der Waals surface area contributed by atoms with Gasteiger partial charge in [0.15, 0.2) is 6.10 Å². The van der Waals surface area contributed by atoms with Crippen LogP contribution in [-0.2, 0) is 28.6 Å². The Bertz CT molecular complexity index is 1260. The summed E-state index contributed by atoms with van der Waals surface area (Å²) in [4.78, 5) is 38.1. The Kier molecular flexibility index (Phi) is 52.8. The molecule has 0 aromatic heterocycles. The number of carbonyl (C=O) groups excluding carboxylic acids is 3. The molecule has 0 bridgehead atoms. The van der Waals surface area contributed by atoms with E-state index in [0.29, 0.717) is 19.3 Å². The predicted octanol–water partition coefficient (Wildman–Crippen LogP) is 19.0. The molecule has 0 unspecified atom stereocenters. The van der Waals surface area contributed by atoms with Crippen molar-refractivity contribution in [3.8, 4) is 0 Å². The van der Waals surface area contributed by atoms with Crippen molar-refractivity contribution in [1.82, 2.24) is 0 Å². The number of allylic oxidation sites excluding steroid dienone is 12. The van der Waals surface area contributed by atoms with Gasteiger partial charge in [-0.15, -0.1) is 0 Å². The Morgan fingerprint density at radius 2 is 0.582 bits per heavy atom. The molecule has 0 saturated heterocycles. The highest BCUT2D eigenvalue weighted by Gasteiger charge is 2.19. The van der Waals surface area contributed by atoms with Crippen LogP contribution < -0.4 is 0 Å². The van der Waals surface area contributed by atoms with E-state index in [2.05, 4.69) is 93.7 Å². The van der Waals surface area contributed by atoms with Gasteiger partial charge in [-0.1, -0.05) is 222 Å². The number of hydrogen-bond donors (Lipinski definition) is 0. The second kappa shape index (κ2) is 55.4. The van der Waals surface area contributed by atoms with Crippen molar-refractivity contribution in [2.45, 2.75) is 284 Å². The summed E-state index contributed by atoms with van der Waals surface area (Å²) in [5.74, 6) is -0.908. The fraction of sp³-hybridized carbons (Fsp3) is 0.754. The van der Waals surface area contributed by atoms with Gasteiger partial charge in [0.1, 0.15) is 13.2 Å². The first kappa shape index (κ1) is 63.8. The third kappa shape index (κ3) is 53.7. The molecule has 0 aromatic carbocycles. The zero-order valence-electron chi connectivity index (χ0n) is 44.2. The largest absolute Gasteiger partial charge is 0.462 e. The maximum absolute atomic E-state index is 12.9. The number of rotatable bonds is 51. The van der Waals surface area contributed by atoms with Crippen LogP contribution in [0.2, 0.25) is 0 Å². The van der Waals surface area contributed by atoms with Crippen LogP contribution in [0.3, 0.4) is 0 Å². The maximum Gasteiger partial charge on any atom is 0.306 e. The highest BCUT2D eigenvalue weighted by molar-refractivity contribution is 5.71. The molecule has 386 valence electrons. The standard InChI is InChI=1S/C61H106O6/c1-4-7-10-13-16-19-22-25-28-30-33-36-39-42-45-48-51-54-60(63)66-57-58(56-65-59(62)53-50-47-44-41-38-35-32-27-24-21-18-15-12-9-6-3)67-61(64)55-52-49-46-43-40-37-34-31-29-26-23-20-17-14-11-8-5-2/h9,12,17-18,20-21,25-29,32,58H,4-8,10-11,13-16,19,22-24,30-31,33-57H2,1-3H3/b12-9-,20-17-,21-18-,28-25-,29-26-,32-27-/t58-/m1/s1. The van der Waals surface area contributed by atoms with Crippen LogP contribution in [0, 0.1) is 0 Å². The Labute approximate surface area is 414 Å². The van der Waals surface area contributed by atoms with Crippen LogP contribution in [0.1, 0.15) is 278 Å². The van der Waals surface area contributed by atoms with Gasteiger partial charge < -0.3 is 14.2 Å². The molecule has 0 amide bonds. The fourth-order valence-electron chi connectivity index (χ4n) is 7.89. The summed E-state index contributed by atoms with van der Waals surface area (Å²) in [5, 5.41) is 0. The van der Waals surface area contributed by atoms with Gasteiger partial charge in [-0.3, -0.25) is 14.4 Å². The van der Waals surface area contributed by atoms with E-state index in [4.69, 9.17) is 14.2 Å². The number of unbranched alkanes of at least 4 members (excludes halogenated alkanes) is 28. The van der Waals surface area contributed by atoms with Crippen molar-refractivity contribution in [2.24, 2.45) is 0 Å². The Hall–Kier alpha value is -3.15. The molecule has 0 aliphatic rings. The topological polar surface area (TPSA) is 78.9 Å². The molecule has 0 radical (unpaired) electrons. The number of hydrogen-bond acceptors (Lipinski definition) is 6. The van der Waals surface area contributed by atoms with Crippen LogP contribution in [0.5, 0.6) is 0 Å². The molecule has 0 aromatic rings. The summed E-state index contributed by atoms with van der Waals surface area (Å²) in [5.41, 5.74) is 0. The normalized spacial score (nSPS) is 12.6. The number of ether oxygens (including phenoxy) is 3. The molecular formula is C61H106O6. The van der Waals surface area contributed by atoms with E-state index in [9.17, 15) is 14.4 Å². The molecule has 0 fully saturated rings. The molecule has 0 aliphatic carbocycles. The fourth-order valence-corrected chi connectivity index (χ4v) is 7.89. The van der Waals surface area contributed by atoms with Gasteiger partial charge in [-0.2, -0.15) is 0 Å². The van der Waals surface area contributed by atoms with Gasteiger partial charge in [0.05, 0.1) is 0 Å². The van der Waals surface area contributed by atoms with E-state index in [-0.39, 0.29) is 31.1 Å². The van der Waals surface area contributed by atoms with Crippen molar-refractivity contribution < 1.29 is 28.6 Å². The van der Waals surface area contributed by atoms with E-state index < -0.39 is 6.10 Å². The molecule has 0 N–H and O–H groups in total. The second-order valence-electron chi connectivity index (χ2n) is 18.8. The van der Waals surface area contributed by atoms with Crippen molar-refractivity contribution in [2.75, 3.05) is 13.2 Å². The minimum atomic E-state index is -0.789. The first-order chi connectivity index (χ1) is 33.0. The molecule has 0 saturated carbocycles. The minimum Gasteiger partial charge on any atom is -0.462 e. The Morgan fingerprint density at radius 1 is 0.313 bits per heavy atom. The summed E-state index contributed by atoms with van der Waals surface area (Å²) in [6.45, 7) is 6.49. The van der Waals surface area contributed by atoms with Crippen LogP contribution in [0.25, 0.3) is 0 Å². The molecule has 0 spiro atoms. The SMILES string of the molecule is CC/C=C\C/C=C\C/C=C\CCCCCCCC(=O)OC[C@H](COC(=O)CCCCCCCCC/C=C\CCCCCCCC)OC(=O)CCCCCCCCC/C=C\C/C=C\CCCCC. The van der Waals surface area contributed by atoms with Crippen LogP contribution in [-0.4, -0.2) is 37.2 Å². The van der Waals surface area contributed by atoms with E-state index in [0.717, 1.165) is 109 Å². The van der Waals surface area contributed by atoms with Crippen LogP contribution >= 0.6 is 0 Å². The lowest BCUT2D eigenvalue weighted by Gasteiger charge is -2.18. The van der Waals surface area contributed by atoms with Crippen molar-refractivity contribution in [3.05, 3.63) is 72.9 Å². The highest BCUT2D eigenvalue weighted by Crippen LogP contribution is 2.15. The Morgan fingerprint density at radius 3 is 0.955 bits per heavy atom. The molecule has 67 heavy (non-hydrogen) atoms. The van der Waals surface area contributed by atoms with Crippen LogP contribution in [0.15, 0.2) is 72.9 Å². The zero-order valence-corrected chi connectivity index (χ0v) is 44.2. The average molecular weight is 936 g/mol. The molecule has 0 heterocycles. The first-order valence-electron chi connectivity index (χ1n) is 28.4. The van der Waals surface area contributed by atoms with Gasteiger partial charge in [-0.25, -0.2) is 0 Å². The zero-order chi connectivity index (χ0) is 48.6. The second-order valence-corrected chi connectivity index (χ2v) is 18.8. The summed E-state index contributed by atoms with van der Waals surface area (Å²) in [7, 11) is 0. The van der Waals surface area contributed by atoms with Gasteiger partial charge in [-0.05, 0) is 109 Å². The van der Waals surface area contributed by atoms with Gasteiger partial charge >= 0.3 is 17.9 Å². The summed E-state index contributed by atoms with van der Waals surface area (Å²) in [6.07, 6.45) is 70.3. The lowest BCUT2D eigenvalue weighted by atomic mass is 10.1. The predicted molar refractivity (Wildman–Crippen MR) is 288 cm³/mol. The first-order valence-corrected chi connectivity index (χ1v) is 28.4. The van der Waals surface area contributed by atoms with Crippen molar-refractivity contribution >= 4 is 17.9 Å². The summed E-state index contributed by atoms with van der Waals surface area (Å²) < 4.78 is 16.8. The van der Waals surface area contributed by atoms with Gasteiger partial charge in [0, 0.05) is 19.3 Å². The quantitative estimate of drug-likeness (QED) is 0.0262. The summed E-state index contributed by atoms with van der Waals surface area (Å²) >= 11 is 0. The van der Waals surface area contributed by atoms with E-state index in [1.807, 2.05) is 0 Å². The van der Waals surface area contributed by atoms with Crippen molar-refractivity contribution in [1.29, 1.82) is 0 Å². The minimum absolute atomic E-state index is 0.0861. The van der Waals surface area contributed by atoms with E-state index >= 15 is 0 Å². The Balaban J connectivity index is 4.42. The smallest absolute Gasteiger partial charge is 0.306 e. The van der Waals surface area contributed by atoms with E-state index in [1.54, 1.807) is 0 Å². The molecule has 0 rings (SSSR count). The molecule has 6 nitrogen and oxygen atoms in total. The lowest BCUT2D eigenvalue weighted by molar-refractivity contribution is -0.167. The number of carbonyl (C=O) groups is 3.